The van der Waals surface area contributed by atoms with Crippen LogP contribution in [0.3, 0.4) is 0 Å². The lowest BCUT2D eigenvalue weighted by Gasteiger charge is -2.16. The van der Waals surface area contributed by atoms with Crippen LogP contribution in [-0.4, -0.2) is 29.9 Å². The Balaban J connectivity index is 1.33. The molecular formula is C20H22N2O. The summed E-state index contributed by atoms with van der Waals surface area (Å²) in [5.74, 6) is 0.0639. The van der Waals surface area contributed by atoms with Gasteiger partial charge in [-0.2, -0.15) is 0 Å². The molecule has 1 aliphatic heterocycles. The van der Waals surface area contributed by atoms with Gasteiger partial charge in [0.25, 0.3) is 5.91 Å². The third-order valence-electron chi connectivity index (χ3n) is 5.24. The number of likely N-dealkylation sites (tertiary alicyclic amines) is 1. The van der Waals surface area contributed by atoms with Crippen molar-refractivity contribution in [2.75, 3.05) is 13.1 Å². The van der Waals surface area contributed by atoms with Gasteiger partial charge in [-0.1, -0.05) is 48.5 Å². The highest BCUT2D eigenvalue weighted by atomic mass is 16.1. The number of hydrogen-bond acceptors (Lipinski definition) is 2. The summed E-state index contributed by atoms with van der Waals surface area (Å²) >= 11 is 0. The molecule has 0 aromatic heterocycles. The number of carbonyl (C=O) groups is 1. The molecule has 2 unspecified atom stereocenters. The highest BCUT2D eigenvalue weighted by Gasteiger charge is 2.57. The summed E-state index contributed by atoms with van der Waals surface area (Å²) in [4.78, 5) is 14.8. The van der Waals surface area contributed by atoms with Crippen molar-refractivity contribution >= 4 is 5.91 Å². The van der Waals surface area contributed by atoms with E-state index < -0.39 is 0 Å². The number of nitrogens with zero attached hydrogens (tertiary/aromatic N) is 1. The van der Waals surface area contributed by atoms with Crippen molar-refractivity contribution in [2.45, 2.75) is 25.4 Å². The number of benzene rings is 2. The van der Waals surface area contributed by atoms with Gasteiger partial charge < -0.3 is 5.32 Å². The van der Waals surface area contributed by atoms with E-state index in [0.29, 0.717) is 11.5 Å². The predicted octanol–water partition coefficient (Wildman–Crippen LogP) is 3.08. The van der Waals surface area contributed by atoms with E-state index in [2.05, 4.69) is 40.5 Å². The molecular weight excluding hydrogens is 284 g/mol. The first-order valence-electron chi connectivity index (χ1n) is 8.37. The third-order valence-corrected chi connectivity index (χ3v) is 5.24. The second kappa shape index (κ2) is 5.82. The maximum Gasteiger partial charge on any atom is 0.251 e. The molecule has 118 valence electrons. The molecule has 3 heteroatoms. The molecule has 1 heterocycles. The van der Waals surface area contributed by atoms with E-state index in [1.807, 2.05) is 30.3 Å². The van der Waals surface area contributed by atoms with E-state index in [4.69, 9.17) is 0 Å². The molecule has 2 aromatic carbocycles. The minimum atomic E-state index is 0.0639. The Morgan fingerprint density at radius 1 is 1.09 bits per heavy atom. The van der Waals surface area contributed by atoms with Gasteiger partial charge in [0.1, 0.15) is 0 Å². The molecule has 0 bridgehead atoms. The van der Waals surface area contributed by atoms with Crippen LogP contribution in [0.15, 0.2) is 60.7 Å². The molecule has 1 saturated carbocycles. The molecule has 1 N–H and O–H groups in total. The van der Waals surface area contributed by atoms with E-state index in [1.165, 1.54) is 12.0 Å². The normalized spacial score (nSPS) is 26.3. The van der Waals surface area contributed by atoms with Gasteiger partial charge in [0.05, 0.1) is 0 Å². The SMILES string of the molecule is O=C(NC1CC12CCN(Cc1ccccc1)C2)c1ccccc1. The maximum atomic E-state index is 12.3. The van der Waals surface area contributed by atoms with E-state index in [-0.39, 0.29) is 5.91 Å². The molecule has 23 heavy (non-hydrogen) atoms. The summed E-state index contributed by atoms with van der Waals surface area (Å²) in [6, 6.07) is 20.5. The number of carbonyl (C=O) groups excluding carboxylic acids is 1. The lowest BCUT2D eigenvalue weighted by atomic mass is 10.1. The summed E-state index contributed by atoms with van der Waals surface area (Å²) in [6.45, 7) is 3.25. The van der Waals surface area contributed by atoms with Crippen molar-refractivity contribution in [3.8, 4) is 0 Å². The number of nitrogens with one attached hydrogen (secondary N) is 1. The van der Waals surface area contributed by atoms with Crippen molar-refractivity contribution in [1.29, 1.82) is 0 Å². The van der Waals surface area contributed by atoms with Crippen molar-refractivity contribution in [2.24, 2.45) is 5.41 Å². The van der Waals surface area contributed by atoms with Crippen molar-refractivity contribution in [1.82, 2.24) is 10.2 Å². The molecule has 2 atom stereocenters. The number of rotatable bonds is 4. The van der Waals surface area contributed by atoms with Crippen LogP contribution in [-0.2, 0) is 6.54 Å². The fourth-order valence-corrected chi connectivity index (χ4v) is 3.79. The van der Waals surface area contributed by atoms with E-state index in [0.717, 1.165) is 31.6 Å². The molecule has 2 fully saturated rings. The zero-order valence-electron chi connectivity index (χ0n) is 13.2. The quantitative estimate of drug-likeness (QED) is 0.941. The second-order valence-corrected chi connectivity index (χ2v) is 6.90. The zero-order chi connectivity index (χ0) is 15.7. The van der Waals surface area contributed by atoms with Crippen molar-refractivity contribution < 1.29 is 4.79 Å². The second-order valence-electron chi connectivity index (χ2n) is 6.90. The highest BCUT2D eigenvalue weighted by molar-refractivity contribution is 5.94. The average molecular weight is 306 g/mol. The Bertz CT molecular complexity index is 685. The fourth-order valence-electron chi connectivity index (χ4n) is 3.79. The summed E-state index contributed by atoms with van der Waals surface area (Å²) in [6.07, 6.45) is 2.32. The minimum absolute atomic E-state index is 0.0639. The number of amides is 1. The Kier molecular flexibility index (Phi) is 3.66. The van der Waals surface area contributed by atoms with Crippen LogP contribution in [0, 0.1) is 5.41 Å². The molecule has 2 aliphatic rings. The maximum absolute atomic E-state index is 12.3. The van der Waals surface area contributed by atoms with Gasteiger partial charge in [-0.05, 0) is 37.1 Å². The van der Waals surface area contributed by atoms with E-state index >= 15 is 0 Å². The summed E-state index contributed by atoms with van der Waals surface area (Å²) < 4.78 is 0. The molecule has 1 amide bonds. The molecule has 3 nitrogen and oxygen atoms in total. The third kappa shape index (κ3) is 3.02. The van der Waals surface area contributed by atoms with Crippen LogP contribution in [0.2, 0.25) is 0 Å². The molecule has 4 rings (SSSR count). The Morgan fingerprint density at radius 3 is 2.52 bits per heavy atom. The minimum Gasteiger partial charge on any atom is -0.349 e. The van der Waals surface area contributed by atoms with Crippen LogP contribution in [0.4, 0.5) is 0 Å². The predicted molar refractivity (Wildman–Crippen MR) is 91.1 cm³/mol. The van der Waals surface area contributed by atoms with Crippen LogP contribution in [0.5, 0.6) is 0 Å². The van der Waals surface area contributed by atoms with Crippen molar-refractivity contribution in [3.05, 3.63) is 71.8 Å². The first kappa shape index (κ1) is 14.5. The Morgan fingerprint density at radius 2 is 1.78 bits per heavy atom. The Hall–Kier alpha value is -2.13. The van der Waals surface area contributed by atoms with Gasteiger partial charge >= 0.3 is 0 Å². The smallest absolute Gasteiger partial charge is 0.251 e. The van der Waals surface area contributed by atoms with Gasteiger partial charge in [-0.3, -0.25) is 9.69 Å². The topological polar surface area (TPSA) is 32.3 Å². The Labute approximate surface area is 137 Å². The largest absolute Gasteiger partial charge is 0.349 e. The molecule has 1 aliphatic carbocycles. The van der Waals surface area contributed by atoms with Gasteiger partial charge in [-0.25, -0.2) is 0 Å². The van der Waals surface area contributed by atoms with Gasteiger partial charge in [0.2, 0.25) is 0 Å². The van der Waals surface area contributed by atoms with Gasteiger partial charge in [0, 0.05) is 30.1 Å². The highest BCUT2D eigenvalue weighted by Crippen LogP contribution is 2.53. The van der Waals surface area contributed by atoms with Crippen LogP contribution >= 0.6 is 0 Å². The van der Waals surface area contributed by atoms with Crippen LogP contribution < -0.4 is 5.32 Å². The van der Waals surface area contributed by atoms with Gasteiger partial charge in [0.15, 0.2) is 0 Å². The summed E-state index contributed by atoms with van der Waals surface area (Å²) in [7, 11) is 0. The first-order chi connectivity index (χ1) is 11.3. The lowest BCUT2D eigenvalue weighted by Crippen LogP contribution is -2.31. The zero-order valence-corrected chi connectivity index (χ0v) is 13.2. The van der Waals surface area contributed by atoms with Gasteiger partial charge in [-0.15, -0.1) is 0 Å². The van der Waals surface area contributed by atoms with Crippen molar-refractivity contribution in [3.63, 3.8) is 0 Å². The first-order valence-corrected chi connectivity index (χ1v) is 8.37. The molecule has 0 radical (unpaired) electrons. The molecule has 2 aromatic rings. The lowest BCUT2D eigenvalue weighted by molar-refractivity contribution is 0.0945. The molecule has 1 saturated heterocycles. The summed E-state index contributed by atoms with van der Waals surface area (Å²) in [5, 5.41) is 3.22. The van der Waals surface area contributed by atoms with Crippen LogP contribution in [0.25, 0.3) is 0 Å². The van der Waals surface area contributed by atoms with E-state index in [1.54, 1.807) is 0 Å². The van der Waals surface area contributed by atoms with E-state index in [9.17, 15) is 4.79 Å². The van der Waals surface area contributed by atoms with Crippen LogP contribution in [0.1, 0.15) is 28.8 Å². The fraction of sp³-hybridized carbons (Fsp3) is 0.350. The number of hydrogen-bond donors (Lipinski definition) is 1. The standard InChI is InChI=1S/C20H22N2O/c23-19(17-9-5-2-6-10-17)21-18-13-20(18)11-12-22(15-20)14-16-7-3-1-4-8-16/h1-10,18H,11-15H2,(H,21,23). The monoisotopic (exact) mass is 306 g/mol. The molecule has 1 spiro atoms. The summed E-state index contributed by atoms with van der Waals surface area (Å²) in [5.41, 5.74) is 2.45. The average Bonchev–Trinajstić information content (AvgIpc) is 3.08.